The van der Waals surface area contributed by atoms with E-state index in [0.29, 0.717) is 0 Å². The standard InChI is InChI=1S/C45H27N3/c1-2-16-33-31(14-1)32-15-3-4-17-34(32)40-27-29(24-25-36(33)40)28-12-11-13-30(26-28)47-42-23-10-8-21-39(42)43-45(47)48-41-22-9-7-19-37(41)35-18-5-6-20-38(35)44(48)46-43/h1-27H. The molecule has 0 N–H and O–H groups in total. The Bertz CT molecular complexity index is 3090. The summed E-state index contributed by atoms with van der Waals surface area (Å²) in [5, 5.41) is 12.5. The summed E-state index contributed by atoms with van der Waals surface area (Å²) in [6.45, 7) is 0. The van der Waals surface area contributed by atoms with Gasteiger partial charge in [0.25, 0.3) is 0 Å². The lowest BCUT2D eigenvalue weighted by Gasteiger charge is -2.14. The summed E-state index contributed by atoms with van der Waals surface area (Å²) in [6, 6.07) is 59.5. The molecule has 0 amide bonds. The number of benzene rings is 8. The molecule has 3 nitrogen and oxygen atoms in total. The van der Waals surface area contributed by atoms with Crippen LogP contribution in [-0.4, -0.2) is 14.0 Å². The molecule has 222 valence electrons. The zero-order valence-corrected chi connectivity index (χ0v) is 25.9. The van der Waals surface area contributed by atoms with Crippen molar-refractivity contribution in [3.63, 3.8) is 0 Å². The van der Waals surface area contributed by atoms with Gasteiger partial charge in [-0.2, -0.15) is 0 Å². The minimum Gasteiger partial charge on any atom is -0.294 e. The highest BCUT2D eigenvalue weighted by Crippen LogP contribution is 2.40. The Labute approximate surface area is 275 Å². The van der Waals surface area contributed by atoms with Crippen LogP contribution in [0, 0.1) is 0 Å². The monoisotopic (exact) mass is 609 g/mol. The number of para-hydroxylation sites is 2. The molecule has 0 spiro atoms. The van der Waals surface area contributed by atoms with Gasteiger partial charge < -0.3 is 0 Å². The largest absolute Gasteiger partial charge is 0.294 e. The van der Waals surface area contributed by atoms with Crippen molar-refractivity contribution >= 4 is 81.7 Å². The van der Waals surface area contributed by atoms with Crippen molar-refractivity contribution in [2.24, 2.45) is 0 Å². The number of nitrogens with zero attached hydrogens (tertiary/aromatic N) is 3. The molecule has 0 fully saturated rings. The van der Waals surface area contributed by atoms with Crippen molar-refractivity contribution in [3.8, 4) is 16.8 Å². The lowest BCUT2D eigenvalue weighted by Crippen LogP contribution is -1.99. The third-order valence-corrected chi connectivity index (χ3v) is 10.2. The quantitative estimate of drug-likeness (QED) is 0.179. The molecule has 0 saturated heterocycles. The van der Waals surface area contributed by atoms with E-state index in [1.54, 1.807) is 0 Å². The number of aromatic nitrogens is 3. The summed E-state index contributed by atoms with van der Waals surface area (Å²) >= 11 is 0. The van der Waals surface area contributed by atoms with Crippen molar-refractivity contribution in [3.05, 3.63) is 164 Å². The van der Waals surface area contributed by atoms with Crippen LogP contribution in [0.2, 0.25) is 0 Å². The first-order valence-electron chi connectivity index (χ1n) is 16.5. The zero-order chi connectivity index (χ0) is 31.3. The maximum Gasteiger partial charge on any atom is 0.151 e. The van der Waals surface area contributed by atoms with Crippen LogP contribution in [0.5, 0.6) is 0 Å². The first kappa shape index (κ1) is 25.7. The van der Waals surface area contributed by atoms with Gasteiger partial charge in [0, 0.05) is 21.8 Å². The maximum atomic E-state index is 5.38. The maximum absolute atomic E-state index is 5.38. The van der Waals surface area contributed by atoms with Crippen LogP contribution in [-0.2, 0) is 0 Å². The molecule has 3 heterocycles. The van der Waals surface area contributed by atoms with Crippen molar-refractivity contribution < 1.29 is 0 Å². The van der Waals surface area contributed by atoms with E-state index >= 15 is 0 Å². The van der Waals surface area contributed by atoms with Crippen LogP contribution in [0.3, 0.4) is 0 Å². The van der Waals surface area contributed by atoms with Gasteiger partial charge >= 0.3 is 0 Å². The molecular formula is C45H27N3. The predicted molar refractivity (Wildman–Crippen MR) is 202 cm³/mol. The minimum atomic E-state index is 0.985. The molecule has 3 heteroatoms. The first-order chi connectivity index (χ1) is 23.8. The van der Waals surface area contributed by atoms with Gasteiger partial charge in [0.2, 0.25) is 0 Å². The SMILES string of the molecule is c1cc(-c2ccc3c4ccccc4c4ccccc4c3c2)cc(-n2c3ccccc3c3nc4c5ccccc5c5ccccc5n4c32)c1. The van der Waals surface area contributed by atoms with Gasteiger partial charge in [0.05, 0.1) is 11.0 Å². The highest BCUT2D eigenvalue weighted by molar-refractivity contribution is 6.26. The molecule has 0 bridgehead atoms. The van der Waals surface area contributed by atoms with Crippen molar-refractivity contribution in [1.29, 1.82) is 0 Å². The second-order valence-corrected chi connectivity index (χ2v) is 12.8. The summed E-state index contributed by atoms with van der Waals surface area (Å²) < 4.78 is 4.77. The molecule has 0 aliphatic carbocycles. The Morgan fingerprint density at radius 2 is 0.875 bits per heavy atom. The highest BCUT2D eigenvalue weighted by Gasteiger charge is 2.21. The third kappa shape index (κ3) is 3.40. The van der Waals surface area contributed by atoms with Gasteiger partial charge in [-0.25, -0.2) is 4.98 Å². The van der Waals surface area contributed by atoms with Crippen molar-refractivity contribution in [2.75, 3.05) is 0 Å². The fourth-order valence-corrected chi connectivity index (χ4v) is 8.17. The second-order valence-electron chi connectivity index (χ2n) is 12.8. The predicted octanol–water partition coefficient (Wildman–Crippen LogP) is 11.9. The Hall–Kier alpha value is -6.45. The lowest BCUT2D eigenvalue weighted by molar-refractivity contribution is 1.12. The number of pyridine rings is 1. The van der Waals surface area contributed by atoms with Crippen LogP contribution in [0.4, 0.5) is 0 Å². The zero-order valence-electron chi connectivity index (χ0n) is 25.9. The van der Waals surface area contributed by atoms with E-state index in [1.165, 1.54) is 54.2 Å². The topological polar surface area (TPSA) is 22.2 Å². The molecule has 11 aromatic rings. The summed E-state index contributed by atoms with van der Waals surface area (Å²) in [4.78, 5) is 5.38. The summed E-state index contributed by atoms with van der Waals surface area (Å²) in [5.41, 5.74) is 8.88. The molecule has 0 saturated carbocycles. The molecule has 11 rings (SSSR count). The smallest absolute Gasteiger partial charge is 0.151 e. The average Bonchev–Trinajstić information content (AvgIpc) is 3.70. The van der Waals surface area contributed by atoms with Gasteiger partial charge in [0.1, 0.15) is 11.2 Å². The Morgan fingerprint density at radius 1 is 0.354 bits per heavy atom. The molecular weight excluding hydrogens is 583 g/mol. The van der Waals surface area contributed by atoms with Crippen molar-refractivity contribution in [2.45, 2.75) is 0 Å². The minimum absolute atomic E-state index is 0.985. The molecule has 8 aromatic carbocycles. The van der Waals surface area contributed by atoms with Gasteiger partial charge in [0.15, 0.2) is 5.65 Å². The lowest BCUT2D eigenvalue weighted by atomic mass is 9.92. The van der Waals surface area contributed by atoms with Crippen LogP contribution in [0.25, 0.3) is 98.5 Å². The Kier molecular flexibility index (Phi) is 5.11. The van der Waals surface area contributed by atoms with Gasteiger partial charge in [-0.05, 0) is 79.2 Å². The third-order valence-electron chi connectivity index (χ3n) is 10.2. The molecule has 3 aromatic heterocycles. The van der Waals surface area contributed by atoms with E-state index in [2.05, 4.69) is 173 Å². The van der Waals surface area contributed by atoms with Crippen LogP contribution in [0.1, 0.15) is 0 Å². The molecule has 0 radical (unpaired) electrons. The number of hydrogen-bond donors (Lipinski definition) is 0. The summed E-state index contributed by atoms with van der Waals surface area (Å²) in [7, 11) is 0. The van der Waals surface area contributed by atoms with Crippen LogP contribution < -0.4 is 0 Å². The highest BCUT2D eigenvalue weighted by atomic mass is 15.2. The van der Waals surface area contributed by atoms with E-state index in [-0.39, 0.29) is 0 Å². The summed E-state index contributed by atoms with van der Waals surface area (Å²) in [5.74, 6) is 0. The van der Waals surface area contributed by atoms with E-state index < -0.39 is 0 Å². The normalized spacial score (nSPS) is 12.2. The van der Waals surface area contributed by atoms with E-state index in [1.807, 2.05) is 0 Å². The molecule has 0 atom stereocenters. The number of imidazole rings is 1. The van der Waals surface area contributed by atoms with E-state index in [9.17, 15) is 0 Å². The first-order valence-corrected chi connectivity index (χ1v) is 16.5. The fourth-order valence-electron chi connectivity index (χ4n) is 8.17. The molecule has 48 heavy (non-hydrogen) atoms. The van der Waals surface area contributed by atoms with Gasteiger partial charge in [-0.3, -0.25) is 8.97 Å². The number of hydrogen-bond acceptors (Lipinski definition) is 1. The summed E-state index contributed by atoms with van der Waals surface area (Å²) in [6.07, 6.45) is 0. The Balaban J connectivity index is 1.21. The molecule has 0 unspecified atom stereocenters. The van der Waals surface area contributed by atoms with E-state index in [0.717, 1.165) is 44.3 Å². The number of fused-ring (bicyclic) bond motifs is 16. The van der Waals surface area contributed by atoms with E-state index in [4.69, 9.17) is 4.98 Å². The number of rotatable bonds is 2. The Morgan fingerprint density at radius 3 is 1.58 bits per heavy atom. The van der Waals surface area contributed by atoms with Gasteiger partial charge in [-0.1, -0.05) is 133 Å². The van der Waals surface area contributed by atoms with Crippen LogP contribution >= 0.6 is 0 Å². The second kappa shape index (κ2) is 9.54. The van der Waals surface area contributed by atoms with Gasteiger partial charge in [-0.15, -0.1) is 0 Å². The van der Waals surface area contributed by atoms with Crippen LogP contribution in [0.15, 0.2) is 164 Å². The molecule has 0 aliphatic heterocycles. The molecule has 0 aliphatic rings. The average molecular weight is 610 g/mol. The van der Waals surface area contributed by atoms with Crippen molar-refractivity contribution in [1.82, 2.24) is 14.0 Å². The fraction of sp³-hybridized carbons (Fsp3) is 0.